The van der Waals surface area contributed by atoms with Gasteiger partial charge in [-0.05, 0) is 32.7 Å². The Morgan fingerprint density at radius 2 is 2.21 bits per heavy atom. The Hall–Kier alpha value is -0.630. The van der Waals surface area contributed by atoms with E-state index in [1.54, 1.807) is 0 Å². The van der Waals surface area contributed by atoms with Crippen LogP contribution in [0.5, 0.6) is 0 Å². The molecule has 0 amide bonds. The highest BCUT2D eigenvalue weighted by Gasteiger charge is 2.37. The quantitative estimate of drug-likeness (QED) is 0.825. The lowest BCUT2D eigenvalue weighted by Crippen LogP contribution is -2.59. The Labute approximate surface area is 117 Å². The molecule has 1 saturated carbocycles. The van der Waals surface area contributed by atoms with E-state index in [9.17, 15) is 5.26 Å². The van der Waals surface area contributed by atoms with Crippen LogP contribution < -0.4 is 5.32 Å². The van der Waals surface area contributed by atoms with Crippen LogP contribution in [-0.2, 0) is 4.74 Å². The van der Waals surface area contributed by atoms with E-state index in [2.05, 4.69) is 23.2 Å². The van der Waals surface area contributed by atoms with Crippen LogP contribution in [0.3, 0.4) is 0 Å². The molecule has 2 rings (SSSR count). The first-order chi connectivity index (χ1) is 9.18. The van der Waals surface area contributed by atoms with Gasteiger partial charge in [-0.3, -0.25) is 10.2 Å². The first-order valence-electron chi connectivity index (χ1n) is 7.70. The highest BCUT2D eigenvalue weighted by Crippen LogP contribution is 2.29. The van der Waals surface area contributed by atoms with Crippen molar-refractivity contribution in [1.29, 1.82) is 5.26 Å². The summed E-state index contributed by atoms with van der Waals surface area (Å²) in [5.41, 5.74) is -0.435. The molecule has 3 unspecified atom stereocenters. The summed E-state index contributed by atoms with van der Waals surface area (Å²) in [6, 6.07) is 2.99. The molecule has 1 aliphatic heterocycles. The van der Waals surface area contributed by atoms with Gasteiger partial charge in [-0.2, -0.15) is 5.26 Å². The smallest absolute Gasteiger partial charge is 0.116 e. The second-order valence-corrected chi connectivity index (χ2v) is 6.10. The molecule has 2 fully saturated rings. The van der Waals surface area contributed by atoms with Gasteiger partial charge >= 0.3 is 0 Å². The summed E-state index contributed by atoms with van der Waals surface area (Å²) in [5, 5.41) is 12.9. The summed E-state index contributed by atoms with van der Waals surface area (Å²) >= 11 is 0. The Kier molecular flexibility index (Phi) is 5.20. The SMILES string of the molecule is CCCNC(C)(C#N)CN1CCOC2CCCCC21. The van der Waals surface area contributed by atoms with Crippen molar-refractivity contribution in [3.63, 3.8) is 0 Å². The topological polar surface area (TPSA) is 48.3 Å². The van der Waals surface area contributed by atoms with Crippen molar-refractivity contribution >= 4 is 0 Å². The molecule has 4 heteroatoms. The summed E-state index contributed by atoms with van der Waals surface area (Å²) in [6.45, 7) is 7.66. The molecule has 4 nitrogen and oxygen atoms in total. The molecule has 1 heterocycles. The average Bonchev–Trinajstić information content (AvgIpc) is 2.46. The third-order valence-corrected chi connectivity index (χ3v) is 4.38. The van der Waals surface area contributed by atoms with Crippen LogP contribution in [0.2, 0.25) is 0 Å². The van der Waals surface area contributed by atoms with E-state index in [4.69, 9.17) is 4.74 Å². The van der Waals surface area contributed by atoms with Gasteiger partial charge < -0.3 is 4.74 Å². The number of morpholine rings is 1. The van der Waals surface area contributed by atoms with Gasteiger partial charge in [-0.15, -0.1) is 0 Å². The van der Waals surface area contributed by atoms with Crippen LogP contribution in [0.1, 0.15) is 46.0 Å². The molecule has 108 valence electrons. The molecule has 1 saturated heterocycles. The molecule has 0 spiro atoms. The number of hydrogen-bond acceptors (Lipinski definition) is 4. The van der Waals surface area contributed by atoms with Gasteiger partial charge in [0, 0.05) is 19.1 Å². The van der Waals surface area contributed by atoms with Crippen molar-refractivity contribution < 1.29 is 4.74 Å². The number of hydrogen-bond donors (Lipinski definition) is 1. The molecule has 1 N–H and O–H groups in total. The molecule has 0 aromatic rings. The Balaban J connectivity index is 1.97. The van der Waals surface area contributed by atoms with Gasteiger partial charge in [0.1, 0.15) is 5.54 Å². The van der Waals surface area contributed by atoms with E-state index in [-0.39, 0.29) is 0 Å². The first-order valence-corrected chi connectivity index (χ1v) is 7.70. The summed E-state index contributed by atoms with van der Waals surface area (Å²) in [4.78, 5) is 2.49. The third-order valence-electron chi connectivity index (χ3n) is 4.38. The van der Waals surface area contributed by atoms with E-state index < -0.39 is 5.54 Å². The number of nitriles is 1. The lowest BCUT2D eigenvalue weighted by atomic mass is 9.89. The van der Waals surface area contributed by atoms with Gasteiger partial charge in [0.25, 0.3) is 0 Å². The van der Waals surface area contributed by atoms with E-state index >= 15 is 0 Å². The molecular formula is C15H27N3O. The zero-order valence-electron chi connectivity index (χ0n) is 12.3. The molecule has 0 bridgehead atoms. The van der Waals surface area contributed by atoms with Crippen molar-refractivity contribution in [2.45, 2.75) is 63.6 Å². The van der Waals surface area contributed by atoms with Crippen molar-refractivity contribution in [2.24, 2.45) is 0 Å². The number of nitrogens with one attached hydrogen (secondary N) is 1. The highest BCUT2D eigenvalue weighted by molar-refractivity contribution is 5.07. The number of ether oxygens (including phenoxy) is 1. The zero-order chi connectivity index (χ0) is 13.7. The normalized spacial score (nSPS) is 31.2. The van der Waals surface area contributed by atoms with Crippen molar-refractivity contribution in [3.8, 4) is 6.07 Å². The summed E-state index contributed by atoms with van der Waals surface area (Å²) < 4.78 is 5.90. The van der Waals surface area contributed by atoms with Gasteiger partial charge in [-0.1, -0.05) is 19.8 Å². The standard InChI is InChI=1S/C15H27N3O/c1-3-8-17-15(2,11-16)12-18-9-10-19-14-7-5-4-6-13(14)18/h13-14,17H,3-10,12H2,1-2H3. The van der Waals surface area contributed by atoms with Crippen LogP contribution in [-0.4, -0.2) is 48.8 Å². The van der Waals surface area contributed by atoms with Crippen molar-refractivity contribution in [1.82, 2.24) is 10.2 Å². The van der Waals surface area contributed by atoms with Crippen LogP contribution in [0.15, 0.2) is 0 Å². The van der Waals surface area contributed by atoms with Crippen molar-refractivity contribution in [3.05, 3.63) is 0 Å². The molecule has 19 heavy (non-hydrogen) atoms. The lowest BCUT2D eigenvalue weighted by molar-refractivity contribution is -0.0920. The molecule has 1 aliphatic carbocycles. The second-order valence-electron chi connectivity index (χ2n) is 6.10. The summed E-state index contributed by atoms with van der Waals surface area (Å²) in [5.74, 6) is 0. The summed E-state index contributed by atoms with van der Waals surface area (Å²) in [7, 11) is 0. The third kappa shape index (κ3) is 3.68. The highest BCUT2D eigenvalue weighted by atomic mass is 16.5. The van der Waals surface area contributed by atoms with Gasteiger partial charge in [0.05, 0.1) is 18.8 Å². The maximum atomic E-state index is 9.47. The fraction of sp³-hybridized carbons (Fsp3) is 0.933. The predicted molar refractivity (Wildman–Crippen MR) is 75.9 cm³/mol. The molecular weight excluding hydrogens is 238 g/mol. The predicted octanol–water partition coefficient (Wildman–Crippen LogP) is 1.91. The fourth-order valence-electron chi connectivity index (χ4n) is 3.31. The molecule has 3 atom stereocenters. The van der Waals surface area contributed by atoms with Gasteiger partial charge in [-0.25, -0.2) is 0 Å². The number of fused-ring (bicyclic) bond motifs is 1. The van der Waals surface area contributed by atoms with Crippen LogP contribution in [0.25, 0.3) is 0 Å². The minimum absolute atomic E-state index is 0.400. The largest absolute Gasteiger partial charge is 0.375 e. The van der Waals surface area contributed by atoms with E-state index in [1.165, 1.54) is 25.7 Å². The molecule has 2 aliphatic rings. The monoisotopic (exact) mass is 265 g/mol. The average molecular weight is 265 g/mol. The van der Waals surface area contributed by atoms with E-state index in [1.807, 2.05) is 6.92 Å². The second kappa shape index (κ2) is 6.69. The molecule has 0 aromatic carbocycles. The van der Waals surface area contributed by atoms with Crippen molar-refractivity contribution in [2.75, 3.05) is 26.2 Å². The first kappa shape index (κ1) is 14.8. The van der Waals surface area contributed by atoms with E-state index in [0.717, 1.165) is 32.7 Å². The Bertz CT molecular complexity index is 326. The number of rotatable bonds is 5. The maximum Gasteiger partial charge on any atom is 0.116 e. The summed E-state index contributed by atoms with van der Waals surface area (Å²) in [6.07, 6.45) is 6.46. The van der Waals surface area contributed by atoms with Crippen LogP contribution in [0, 0.1) is 11.3 Å². The van der Waals surface area contributed by atoms with E-state index in [0.29, 0.717) is 12.1 Å². The molecule has 0 radical (unpaired) electrons. The molecule has 0 aromatic heterocycles. The minimum atomic E-state index is -0.435. The minimum Gasteiger partial charge on any atom is -0.375 e. The zero-order valence-corrected chi connectivity index (χ0v) is 12.3. The Morgan fingerprint density at radius 3 is 2.95 bits per heavy atom. The lowest BCUT2D eigenvalue weighted by Gasteiger charge is -2.46. The van der Waals surface area contributed by atoms with Crippen LogP contribution >= 0.6 is 0 Å². The van der Waals surface area contributed by atoms with Crippen LogP contribution in [0.4, 0.5) is 0 Å². The fourth-order valence-corrected chi connectivity index (χ4v) is 3.31. The van der Waals surface area contributed by atoms with Gasteiger partial charge in [0.2, 0.25) is 0 Å². The Morgan fingerprint density at radius 1 is 1.42 bits per heavy atom. The maximum absolute atomic E-state index is 9.47. The number of nitrogens with zero attached hydrogens (tertiary/aromatic N) is 2. The van der Waals surface area contributed by atoms with Gasteiger partial charge in [0.15, 0.2) is 0 Å².